The van der Waals surface area contributed by atoms with E-state index in [1.165, 1.54) is 29.5 Å². The van der Waals surface area contributed by atoms with Crippen LogP contribution in [0.3, 0.4) is 0 Å². The van der Waals surface area contributed by atoms with E-state index in [2.05, 4.69) is 15.0 Å². The van der Waals surface area contributed by atoms with E-state index in [4.69, 9.17) is 4.74 Å². The minimum Gasteiger partial charge on any atom is -0.490 e. The van der Waals surface area contributed by atoms with Crippen LogP contribution < -0.4 is 14.8 Å². The van der Waals surface area contributed by atoms with Gasteiger partial charge in [-0.2, -0.15) is 8.78 Å². The molecule has 0 aliphatic carbocycles. The second-order valence-corrected chi connectivity index (χ2v) is 5.08. The standard InChI is InChI=1S/C14H14F2N2O3S/c1-3-20-11-6-9(4-5-10(11)21-13(15)16)12(19)18-14-17-8(2)7-22-14/h4-7,13H,3H2,1-2H3,(H,17,18,19). The van der Waals surface area contributed by atoms with Gasteiger partial charge in [0.15, 0.2) is 16.6 Å². The Hall–Kier alpha value is -2.22. The van der Waals surface area contributed by atoms with Gasteiger partial charge in [-0.05, 0) is 32.0 Å². The Bertz CT molecular complexity index is 661. The van der Waals surface area contributed by atoms with E-state index in [-0.39, 0.29) is 23.7 Å². The number of aryl methyl sites for hydroxylation is 1. The van der Waals surface area contributed by atoms with Crippen LogP contribution in [0, 0.1) is 6.92 Å². The highest BCUT2D eigenvalue weighted by Crippen LogP contribution is 2.30. The highest BCUT2D eigenvalue weighted by atomic mass is 32.1. The molecule has 0 aliphatic heterocycles. The van der Waals surface area contributed by atoms with E-state index in [9.17, 15) is 13.6 Å². The van der Waals surface area contributed by atoms with E-state index >= 15 is 0 Å². The van der Waals surface area contributed by atoms with Crippen LogP contribution in [0.2, 0.25) is 0 Å². The molecule has 0 atom stereocenters. The van der Waals surface area contributed by atoms with Crippen LogP contribution in [0.4, 0.5) is 13.9 Å². The zero-order chi connectivity index (χ0) is 16.1. The van der Waals surface area contributed by atoms with Crippen LogP contribution in [0.15, 0.2) is 23.6 Å². The molecular formula is C14H14F2N2O3S. The highest BCUT2D eigenvalue weighted by Gasteiger charge is 2.15. The third-order valence-corrected chi connectivity index (χ3v) is 3.44. The molecule has 1 aromatic heterocycles. The number of aromatic nitrogens is 1. The van der Waals surface area contributed by atoms with Crippen molar-refractivity contribution in [2.45, 2.75) is 20.5 Å². The molecule has 5 nitrogen and oxygen atoms in total. The lowest BCUT2D eigenvalue weighted by molar-refractivity contribution is -0.0514. The van der Waals surface area contributed by atoms with Gasteiger partial charge in [-0.25, -0.2) is 4.98 Å². The minimum atomic E-state index is -2.96. The number of hydrogen-bond acceptors (Lipinski definition) is 5. The fourth-order valence-electron chi connectivity index (χ4n) is 1.69. The van der Waals surface area contributed by atoms with Crippen LogP contribution in [0.25, 0.3) is 0 Å². The Balaban J connectivity index is 2.19. The number of anilines is 1. The fraction of sp³-hybridized carbons (Fsp3) is 0.286. The maximum Gasteiger partial charge on any atom is 0.387 e. The normalized spacial score (nSPS) is 10.6. The topological polar surface area (TPSA) is 60.5 Å². The number of alkyl halides is 2. The van der Waals surface area contributed by atoms with Gasteiger partial charge in [0.25, 0.3) is 5.91 Å². The van der Waals surface area contributed by atoms with Gasteiger partial charge in [0.1, 0.15) is 0 Å². The van der Waals surface area contributed by atoms with Crippen molar-refractivity contribution in [3.8, 4) is 11.5 Å². The first-order valence-electron chi connectivity index (χ1n) is 6.44. The molecular weight excluding hydrogens is 314 g/mol. The molecule has 1 heterocycles. The maximum absolute atomic E-state index is 12.3. The van der Waals surface area contributed by atoms with E-state index in [0.717, 1.165) is 5.69 Å². The fourth-order valence-corrected chi connectivity index (χ4v) is 2.37. The number of amides is 1. The molecule has 0 bridgehead atoms. The predicted molar refractivity (Wildman–Crippen MR) is 79.0 cm³/mol. The molecule has 2 aromatic rings. The first kappa shape index (κ1) is 16.2. The summed E-state index contributed by atoms with van der Waals surface area (Å²) in [6, 6.07) is 4.02. The summed E-state index contributed by atoms with van der Waals surface area (Å²) < 4.78 is 34.2. The monoisotopic (exact) mass is 328 g/mol. The van der Waals surface area contributed by atoms with Gasteiger partial charge in [-0.1, -0.05) is 0 Å². The van der Waals surface area contributed by atoms with E-state index in [1.807, 2.05) is 6.92 Å². The van der Waals surface area contributed by atoms with Crippen LogP contribution in [0.5, 0.6) is 11.5 Å². The Kier molecular flexibility index (Phi) is 5.26. The van der Waals surface area contributed by atoms with Crippen LogP contribution in [-0.4, -0.2) is 24.1 Å². The second kappa shape index (κ2) is 7.17. The highest BCUT2D eigenvalue weighted by molar-refractivity contribution is 7.13. The minimum absolute atomic E-state index is 0.0887. The molecule has 0 spiro atoms. The number of carbonyl (C=O) groups excluding carboxylic acids is 1. The number of hydrogen-bond donors (Lipinski definition) is 1. The van der Waals surface area contributed by atoms with Crippen molar-refractivity contribution in [1.82, 2.24) is 4.98 Å². The lowest BCUT2D eigenvalue weighted by Crippen LogP contribution is -2.12. The Labute approximate surface area is 129 Å². The van der Waals surface area contributed by atoms with Gasteiger partial charge >= 0.3 is 6.61 Å². The predicted octanol–water partition coefficient (Wildman–Crippen LogP) is 3.70. The molecule has 22 heavy (non-hydrogen) atoms. The first-order chi connectivity index (χ1) is 10.5. The quantitative estimate of drug-likeness (QED) is 0.878. The van der Waals surface area contributed by atoms with Gasteiger partial charge in [0.2, 0.25) is 0 Å². The average Bonchev–Trinajstić information content (AvgIpc) is 2.85. The molecule has 118 valence electrons. The molecule has 1 N–H and O–H groups in total. The summed E-state index contributed by atoms with van der Waals surface area (Å²) in [5.41, 5.74) is 1.06. The number of ether oxygens (including phenoxy) is 2. The number of nitrogens with zero attached hydrogens (tertiary/aromatic N) is 1. The van der Waals surface area contributed by atoms with Gasteiger partial charge in [-0.3, -0.25) is 10.1 Å². The van der Waals surface area contributed by atoms with Gasteiger partial charge < -0.3 is 9.47 Å². The molecule has 1 amide bonds. The van der Waals surface area contributed by atoms with Crippen molar-refractivity contribution in [2.24, 2.45) is 0 Å². The van der Waals surface area contributed by atoms with Crippen molar-refractivity contribution in [1.29, 1.82) is 0 Å². The third-order valence-electron chi connectivity index (χ3n) is 2.56. The zero-order valence-electron chi connectivity index (χ0n) is 11.9. The van der Waals surface area contributed by atoms with E-state index in [1.54, 1.807) is 12.3 Å². The smallest absolute Gasteiger partial charge is 0.387 e. The van der Waals surface area contributed by atoms with Crippen molar-refractivity contribution in [2.75, 3.05) is 11.9 Å². The number of benzene rings is 1. The second-order valence-electron chi connectivity index (χ2n) is 4.22. The third kappa shape index (κ3) is 4.14. The molecule has 2 rings (SSSR count). The van der Waals surface area contributed by atoms with Gasteiger partial charge in [-0.15, -0.1) is 11.3 Å². The maximum atomic E-state index is 12.3. The van der Waals surface area contributed by atoms with Gasteiger partial charge in [0, 0.05) is 10.9 Å². The summed E-state index contributed by atoms with van der Waals surface area (Å²) in [6.45, 7) is 0.820. The summed E-state index contributed by atoms with van der Waals surface area (Å²) in [7, 11) is 0. The summed E-state index contributed by atoms with van der Waals surface area (Å²) in [5, 5.41) is 4.90. The van der Waals surface area contributed by atoms with Gasteiger partial charge in [0.05, 0.1) is 12.3 Å². The molecule has 8 heteroatoms. The number of rotatable bonds is 6. The van der Waals surface area contributed by atoms with Crippen molar-refractivity contribution in [3.63, 3.8) is 0 Å². The van der Waals surface area contributed by atoms with Crippen molar-refractivity contribution < 1.29 is 23.0 Å². The number of nitrogens with one attached hydrogen (secondary N) is 1. The molecule has 0 unspecified atom stereocenters. The lowest BCUT2D eigenvalue weighted by Gasteiger charge is -2.12. The zero-order valence-corrected chi connectivity index (χ0v) is 12.7. The van der Waals surface area contributed by atoms with E-state index < -0.39 is 12.5 Å². The molecule has 0 aliphatic rings. The van der Waals surface area contributed by atoms with Crippen LogP contribution in [0.1, 0.15) is 23.0 Å². The lowest BCUT2D eigenvalue weighted by atomic mass is 10.2. The largest absolute Gasteiger partial charge is 0.490 e. The Morgan fingerprint density at radius 1 is 1.41 bits per heavy atom. The number of thiazole rings is 1. The van der Waals surface area contributed by atoms with Crippen LogP contribution >= 0.6 is 11.3 Å². The number of carbonyl (C=O) groups is 1. The van der Waals surface area contributed by atoms with Crippen molar-refractivity contribution in [3.05, 3.63) is 34.8 Å². The average molecular weight is 328 g/mol. The van der Waals surface area contributed by atoms with Crippen molar-refractivity contribution >= 4 is 22.4 Å². The Morgan fingerprint density at radius 2 is 2.18 bits per heavy atom. The number of halogens is 2. The SMILES string of the molecule is CCOc1cc(C(=O)Nc2nc(C)cs2)ccc1OC(F)F. The van der Waals surface area contributed by atoms with Crippen LogP contribution in [-0.2, 0) is 0 Å². The molecule has 0 fully saturated rings. The molecule has 0 saturated heterocycles. The summed E-state index contributed by atoms with van der Waals surface area (Å²) in [4.78, 5) is 16.2. The summed E-state index contributed by atoms with van der Waals surface area (Å²) in [5.74, 6) is -0.428. The summed E-state index contributed by atoms with van der Waals surface area (Å²) in [6.07, 6.45) is 0. The molecule has 0 radical (unpaired) electrons. The first-order valence-corrected chi connectivity index (χ1v) is 7.32. The molecule has 1 aromatic carbocycles. The molecule has 0 saturated carbocycles. The Morgan fingerprint density at radius 3 is 2.77 bits per heavy atom. The summed E-state index contributed by atoms with van der Waals surface area (Å²) >= 11 is 1.30. The van der Waals surface area contributed by atoms with E-state index in [0.29, 0.717) is 5.13 Å².